The molecule has 2 aliphatic rings. The van der Waals surface area contributed by atoms with E-state index in [1.54, 1.807) is 0 Å². The van der Waals surface area contributed by atoms with E-state index in [1.165, 1.54) is 17.1 Å². The van der Waals surface area contributed by atoms with Crippen LogP contribution in [0.4, 0.5) is 5.69 Å². The van der Waals surface area contributed by atoms with Crippen LogP contribution in [0.5, 0.6) is 0 Å². The van der Waals surface area contributed by atoms with E-state index in [2.05, 4.69) is 34.1 Å². The summed E-state index contributed by atoms with van der Waals surface area (Å²) >= 11 is 8.12. The third-order valence-electron chi connectivity index (χ3n) is 5.67. The Morgan fingerprint density at radius 1 is 1.21 bits per heavy atom. The van der Waals surface area contributed by atoms with Crippen molar-refractivity contribution in [1.82, 2.24) is 15.8 Å². The van der Waals surface area contributed by atoms with E-state index < -0.39 is 0 Å². The van der Waals surface area contributed by atoms with Gasteiger partial charge in [-0.1, -0.05) is 35.9 Å². The number of thioether (sulfide) groups is 1. The van der Waals surface area contributed by atoms with Gasteiger partial charge in [0.2, 0.25) is 5.91 Å². The van der Waals surface area contributed by atoms with Crippen molar-refractivity contribution in [3.05, 3.63) is 64.2 Å². The number of benzene rings is 2. The molecule has 3 N–H and O–H groups in total. The number of anilines is 1. The largest absolute Gasteiger partial charge is 0.324 e. The zero-order chi connectivity index (χ0) is 20.2. The van der Waals surface area contributed by atoms with Crippen molar-refractivity contribution >= 4 is 35.0 Å². The summed E-state index contributed by atoms with van der Waals surface area (Å²) in [6.45, 7) is 5.29. The number of nitrogens with one attached hydrogen (secondary N) is 3. The summed E-state index contributed by atoms with van der Waals surface area (Å²) in [5, 5.41) is 3.83. The number of hydrazine groups is 1. The lowest BCUT2D eigenvalue weighted by molar-refractivity contribution is -0.117. The van der Waals surface area contributed by atoms with Gasteiger partial charge in [0.15, 0.2) is 0 Å². The highest BCUT2D eigenvalue weighted by Gasteiger charge is 2.30. The molecule has 0 radical (unpaired) electrons. The molecule has 7 heteroatoms. The quantitative estimate of drug-likeness (QED) is 0.674. The van der Waals surface area contributed by atoms with Gasteiger partial charge in [0, 0.05) is 47.9 Å². The van der Waals surface area contributed by atoms with Gasteiger partial charge in [-0.2, -0.15) is 11.8 Å². The van der Waals surface area contributed by atoms with Crippen LogP contribution in [0.15, 0.2) is 42.5 Å². The molecule has 2 aliphatic heterocycles. The van der Waals surface area contributed by atoms with E-state index in [1.807, 2.05) is 48.2 Å². The van der Waals surface area contributed by atoms with Crippen molar-refractivity contribution < 1.29 is 4.79 Å². The summed E-state index contributed by atoms with van der Waals surface area (Å²) in [5.74, 6) is 2.38. The van der Waals surface area contributed by atoms with E-state index in [0.29, 0.717) is 11.4 Å². The van der Waals surface area contributed by atoms with Crippen LogP contribution in [0.3, 0.4) is 0 Å². The summed E-state index contributed by atoms with van der Waals surface area (Å²) in [5.41, 5.74) is 10.8. The van der Waals surface area contributed by atoms with Crippen molar-refractivity contribution in [3.63, 3.8) is 0 Å². The molecule has 2 aromatic carbocycles. The minimum atomic E-state index is -0.291. The molecule has 2 fully saturated rings. The number of carbonyl (C=O) groups excluding carboxylic acids is 1. The fourth-order valence-electron chi connectivity index (χ4n) is 3.88. The maximum Gasteiger partial charge on any atom is 0.242 e. The monoisotopic (exact) mass is 430 g/mol. The van der Waals surface area contributed by atoms with E-state index in [4.69, 9.17) is 11.6 Å². The third kappa shape index (κ3) is 5.13. The number of hydrogen-bond acceptors (Lipinski definition) is 5. The summed E-state index contributed by atoms with van der Waals surface area (Å²) < 4.78 is 0. The van der Waals surface area contributed by atoms with Crippen LogP contribution in [0.2, 0.25) is 5.02 Å². The van der Waals surface area contributed by atoms with Gasteiger partial charge in [-0.3, -0.25) is 9.69 Å². The van der Waals surface area contributed by atoms with E-state index in [0.717, 1.165) is 36.4 Å². The van der Waals surface area contributed by atoms with E-state index in [9.17, 15) is 4.79 Å². The number of hydrogen-bond donors (Lipinski definition) is 3. The van der Waals surface area contributed by atoms with Gasteiger partial charge >= 0.3 is 0 Å². The van der Waals surface area contributed by atoms with Crippen molar-refractivity contribution in [2.24, 2.45) is 0 Å². The second-order valence-electron chi connectivity index (χ2n) is 7.65. The molecule has 0 spiro atoms. The number of nitrogens with zero attached hydrogens (tertiary/aromatic N) is 1. The maximum atomic E-state index is 12.9. The average Bonchev–Trinajstić information content (AvgIpc) is 3.22. The highest BCUT2D eigenvalue weighted by atomic mass is 35.5. The highest BCUT2D eigenvalue weighted by molar-refractivity contribution is 7.99. The lowest BCUT2D eigenvalue weighted by Gasteiger charge is -2.27. The van der Waals surface area contributed by atoms with Crippen LogP contribution in [-0.4, -0.2) is 41.4 Å². The number of halogens is 1. The van der Waals surface area contributed by atoms with Crippen LogP contribution < -0.4 is 16.2 Å². The first-order chi connectivity index (χ1) is 14.1. The Hall–Kier alpha value is -1.57. The minimum absolute atomic E-state index is 0.0170. The average molecular weight is 431 g/mol. The second-order valence-corrected chi connectivity index (χ2v) is 9.31. The first kappa shape index (κ1) is 20.7. The zero-order valence-corrected chi connectivity index (χ0v) is 18.2. The maximum absolute atomic E-state index is 12.9. The fourth-order valence-corrected chi connectivity index (χ4v) is 5.06. The van der Waals surface area contributed by atoms with Gasteiger partial charge in [-0.05, 0) is 48.2 Å². The van der Waals surface area contributed by atoms with Crippen LogP contribution in [0, 0.1) is 6.92 Å². The number of amides is 1. The Morgan fingerprint density at radius 2 is 2.00 bits per heavy atom. The van der Waals surface area contributed by atoms with Crippen LogP contribution in [-0.2, 0) is 11.3 Å². The molecule has 0 bridgehead atoms. The summed E-state index contributed by atoms with van der Waals surface area (Å²) in [4.78, 5) is 15.3. The number of carbonyl (C=O) groups is 1. The number of rotatable bonds is 5. The summed E-state index contributed by atoms with van der Waals surface area (Å²) in [7, 11) is 0. The van der Waals surface area contributed by atoms with Gasteiger partial charge in [-0.15, -0.1) is 0 Å². The molecule has 4 rings (SSSR count). The molecule has 0 aliphatic carbocycles. The molecule has 29 heavy (non-hydrogen) atoms. The minimum Gasteiger partial charge on any atom is -0.324 e. The lowest BCUT2D eigenvalue weighted by atomic mass is 10.0. The molecule has 2 saturated heterocycles. The Labute approximate surface area is 181 Å². The van der Waals surface area contributed by atoms with Crippen molar-refractivity contribution in [1.29, 1.82) is 0 Å². The van der Waals surface area contributed by atoms with Gasteiger partial charge < -0.3 is 5.32 Å². The van der Waals surface area contributed by atoms with Gasteiger partial charge in [0.05, 0.1) is 0 Å². The molecule has 0 saturated carbocycles. The highest BCUT2D eigenvalue weighted by Crippen LogP contribution is 2.26. The molecule has 5 nitrogen and oxygen atoms in total. The Morgan fingerprint density at radius 3 is 2.79 bits per heavy atom. The molecule has 1 amide bonds. The standard InChI is InChI=1S/C22H27ClN4OS/c1-15-17(14-27-8-10-29-11-9-27)5-3-7-19(15)24-22(28)21-13-20(25-26-21)16-4-2-6-18(23)12-16/h2-7,12,20-21,25-26H,8-11,13-14H2,1H3,(H,24,28). The van der Waals surface area contributed by atoms with Crippen LogP contribution >= 0.6 is 23.4 Å². The molecule has 2 unspecified atom stereocenters. The lowest BCUT2D eigenvalue weighted by Crippen LogP contribution is -2.39. The fraction of sp³-hybridized carbons (Fsp3) is 0.409. The SMILES string of the molecule is Cc1c(CN2CCSCC2)cccc1NC(=O)C1CC(c2cccc(Cl)c2)NN1. The van der Waals surface area contributed by atoms with E-state index >= 15 is 0 Å². The normalized spacial score (nSPS) is 22.6. The summed E-state index contributed by atoms with van der Waals surface area (Å²) in [6, 6.07) is 13.7. The van der Waals surface area contributed by atoms with Gasteiger partial charge in [0.25, 0.3) is 0 Å². The second kappa shape index (κ2) is 9.49. The Bertz CT molecular complexity index is 872. The predicted molar refractivity (Wildman–Crippen MR) is 121 cm³/mol. The van der Waals surface area contributed by atoms with Crippen molar-refractivity contribution in [3.8, 4) is 0 Å². The van der Waals surface area contributed by atoms with E-state index in [-0.39, 0.29) is 18.0 Å². The smallest absolute Gasteiger partial charge is 0.242 e. The van der Waals surface area contributed by atoms with Crippen molar-refractivity contribution in [2.75, 3.05) is 29.9 Å². The predicted octanol–water partition coefficient (Wildman–Crippen LogP) is 3.74. The molecule has 2 atom stereocenters. The summed E-state index contributed by atoms with van der Waals surface area (Å²) in [6.07, 6.45) is 0.677. The molecule has 154 valence electrons. The Kier molecular flexibility index (Phi) is 6.77. The Balaban J connectivity index is 1.39. The first-order valence-electron chi connectivity index (χ1n) is 10.1. The topological polar surface area (TPSA) is 56.4 Å². The zero-order valence-electron chi connectivity index (χ0n) is 16.6. The van der Waals surface area contributed by atoms with Crippen LogP contribution in [0.25, 0.3) is 0 Å². The molecular formula is C22H27ClN4OS. The molecule has 2 aromatic rings. The molecule has 2 heterocycles. The molecular weight excluding hydrogens is 404 g/mol. The van der Waals surface area contributed by atoms with Crippen LogP contribution in [0.1, 0.15) is 29.2 Å². The van der Waals surface area contributed by atoms with Crippen molar-refractivity contribution in [2.45, 2.75) is 32.0 Å². The molecule has 0 aromatic heterocycles. The van der Waals surface area contributed by atoms with Gasteiger partial charge in [-0.25, -0.2) is 10.9 Å². The first-order valence-corrected chi connectivity index (χ1v) is 11.6. The van der Waals surface area contributed by atoms with Gasteiger partial charge in [0.1, 0.15) is 6.04 Å². The third-order valence-corrected chi connectivity index (χ3v) is 6.85.